The Morgan fingerprint density at radius 3 is 3.00 bits per heavy atom. The second-order valence-electron chi connectivity index (χ2n) is 3.54. The Hall–Kier alpha value is -0.870. The van der Waals surface area contributed by atoms with Gasteiger partial charge in [0.25, 0.3) is 0 Å². The number of rotatable bonds is 6. The highest BCUT2D eigenvalue weighted by molar-refractivity contribution is 8.00. The number of carbonyl (C=O) groups excluding carboxylic acids is 1. The summed E-state index contributed by atoms with van der Waals surface area (Å²) in [6, 6.07) is 5.20. The Morgan fingerprint density at radius 1 is 1.53 bits per heavy atom. The minimum atomic E-state index is -0.220. The fraction of sp³-hybridized carbons (Fsp3) is 0.417. The van der Waals surface area contributed by atoms with Gasteiger partial charge in [-0.1, -0.05) is 24.9 Å². The van der Waals surface area contributed by atoms with Crippen LogP contribution in [0.1, 0.15) is 19.8 Å². The molecule has 0 saturated carbocycles. The van der Waals surface area contributed by atoms with Gasteiger partial charge in [-0.25, -0.2) is 0 Å². The second-order valence-corrected chi connectivity index (χ2v) is 5.00. The SMILES string of the molecule is CCCCOC(=O)CSc1cc(Cl)ccc1N. The van der Waals surface area contributed by atoms with Crippen LogP contribution in [0.5, 0.6) is 0 Å². The summed E-state index contributed by atoms with van der Waals surface area (Å²) in [5.74, 6) is 0.0386. The zero-order valence-electron chi connectivity index (χ0n) is 9.74. The second kappa shape index (κ2) is 7.45. The average molecular weight is 274 g/mol. The lowest BCUT2D eigenvalue weighted by molar-refractivity contribution is -0.140. The van der Waals surface area contributed by atoms with E-state index in [4.69, 9.17) is 22.1 Å². The molecule has 2 N–H and O–H groups in total. The number of hydrogen-bond acceptors (Lipinski definition) is 4. The molecule has 0 aliphatic rings. The molecule has 0 spiro atoms. The molecule has 1 aromatic rings. The van der Waals surface area contributed by atoms with Crippen molar-refractivity contribution in [3.05, 3.63) is 23.2 Å². The summed E-state index contributed by atoms with van der Waals surface area (Å²) in [5, 5.41) is 0.612. The standard InChI is InChI=1S/C12H16ClNO2S/c1-2-3-6-16-12(15)8-17-11-7-9(13)4-5-10(11)14/h4-5,7H,2-3,6,8,14H2,1H3. The number of carbonyl (C=O) groups is 1. The van der Waals surface area contributed by atoms with E-state index < -0.39 is 0 Å². The van der Waals surface area contributed by atoms with Crippen LogP contribution in [-0.2, 0) is 9.53 Å². The number of benzene rings is 1. The number of ether oxygens (including phenoxy) is 1. The zero-order valence-corrected chi connectivity index (χ0v) is 11.3. The number of esters is 1. The lowest BCUT2D eigenvalue weighted by Crippen LogP contribution is -2.08. The van der Waals surface area contributed by atoms with Crippen LogP contribution in [0.15, 0.2) is 23.1 Å². The summed E-state index contributed by atoms with van der Waals surface area (Å²) < 4.78 is 5.04. The molecule has 1 rings (SSSR count). The maximum atomic E-state index is 11.4. The molecule has 0 amide bonds. The van der Waals surface area contributed by atoms with Crippen LogP contribution in [0, 0.1) is 0 Å². The molecule has 1 aromatic carbocycles. The summed E-state index contributed by atoms with van der Waals surface area (Å²) in [6.07, 6.45) is 1.91. The van der Waals surface area contributed by atoms with Gasteiger partial charge < -0.3 is 10.5 Å². The molecule has 0 unspecified atom stereocenters. The van der Waals surface area contributed by atoms with E-state index in [0.29, 0.717) is 17.3 Å². The molecule has 0 atom stereocenters. The van der Waals surface area contributed by atoms with Gasteiger partial charge in [0, 0.05) is 15.6 Å². The largest absolute Gasteiger partial charge is 0.465 e. The maximum absolute atomic E-state index is 11.4. The third-order valence-electron chi connectivity index (χ3n) is 2.08. The van der Waals surface area contributed by atoms with E-state index in [1.165, 1.54) is 11.8 Å². The van der Waals surface area contributed by atoms with Crippen LogP contribution in [0.2, 0.25) is 5.02 Å². The number of nitrogen functional groups attached to an aromatic ring is 1. The third kappa shape index (κ3) is 5.33. The molecule has 3 nitrogen and oxygen atoms in total. The normalized spacial score (nSPS) is 10.2. The molecule has 0 bridgehead atoms. The van der Waals surface area contributed by atoms with E-state index in [1.54, 1.807) is 18.2 Å². The predicted molar refractivity (Wildman–Crippen MR) is 72.5 cm³/mol. The maximum Gasteiger partial charge on any atom is 0.316 e. The van der Waals surface area contributed by atoms with Crippen LogP contribution < -0.4 is 5.73 Å². The van der Waals surface area contributed by atoms with Gasteiger partial charge in [-0.05, 0) is 24.6 Å². The summed E-state index contributed by atoms with van der Waals surface area (Å²) in [6.45, 7) is 2.54. The minimum absolute atomic E-state index is 0.220. The fourth-order valence-electron chi connectivity index (χ4n) is 1.14. The van der Waals surface area contributed by atoms with Gasteiger partial charge in [0.05, 0.1) is 12.4 Å². The molecule has 0 fully saturated rings. The summed E-state index contributed by atoms with van der Waals surface area (Å²) in [4.78, 5) is 12.2. The van der Waals surface area contributed by atoms with Crippen molar-refractivity contribution in [3.63, 3.8) is 0 Å². The van der Waals surface area contributed by atoms with Crippen LogP contribution in [-0.4, -0.2) is 18.3 Å². The minimum Gasteiger partial charge on any atom is -0.465 e. The van der Waals surface area contributed by atoms with Gasteiger partial charge in [0.2, 0.25) is 0 Å². The number of thioether (sulfide) groups is 1. The molecule has 0 aliphatic carbocycles. The number of hydrogen-bond donors (Lipinski definition) is 1. The molecule has 0 saturated heterocycles. The van der Waals surface area contributed by atoms with Gasteiger partial charge in [0.1, 0.15) is 0 Å². The van der Waals surface area contributed by atoms with Crippen molar-refractivity contribution in [2.75, 3.05) is 18.1 Å². The van der Waals surface area contributed by atoms with Crippen molar-refractivity contribution in [1.29, 1.82) is 0 Å². The Balaban J connectivity index is 2.39. The average Bonchev–Trinajstić information content (AvgIpc) is 2.31. The van der Waals surface area contributed by atoms with Crippen molar-refractivity contribution >= 4 is 35.0 Å². The van der Waals surface area contributed by atoms with E-state index in [1.807, 2.05) is 0 Å². The highest BCUT2D eigenvalue weighted by atomic mass is 35.5. The van der Waals surface area contributed by atoms with Gasteiger partial charge in [-0.2, -0.15) is 0 Å². The summed E-state index contributed by atoms with van der Waals surface area (Å²) in [5.41, 5.74) is 6.39. The van der Waals surface area contributed by atoms with Crippen molar-refractivity contribution in [2.45, 2.75) is 24.7 Å². The molecule has 17 heavy (non-hydrogen) atoms. The first-order chi connectivity index (χ1) is 8.13. The lowest BCUT2D eigenvalue weighted by atomic mass is 10.3. The van der Waals surface area contributed by atoms with E-state index in [2.05, 4.69) is 6.92 Å². The van der Waals surface area contributed by atoms with E-state index in [9.17, 15) is 4.79 Å². The first-order valence-corrected chi connectivity index (χ1v) is 6.83. The lowest BCUT2D eigenvalue weighted by Gasteiger charge is -2.06. The first-order valence-electron chi connectivity index (χ1n) is 5.47. The topological polar surface area (TPSA) is 52.3 Å². The van der Waals surface area contributed by atoms with Crippen molar-refractivity contribution in [3.8, 4) is 0 Å². The Kier molecular flexibility index (Phi) is 6.22. The van der Waals surface area contributed by atoms with Crippen LogP contribution in [0.25, 0.3) is 0 Å². The first kappa shape index (κ1) is 14.2. The summed E-state index contributed by atoms with van der Waals surface area (Å²) in [7, 11) is 0. The quantitative estimate of drug-likeness (QED) is 0.374. The Morgan fingerprint density at radius 2 is 2.29 bits per heavy atom. The Bertz CT molecular complexity index is 385. The predicted octanol–water partition coefficient (Wildman–Crippen LogP) is 3.36. The van der Waals surface area contributed by atoms with Crippen LogP contribution in [0.4, 0.5) is 5.69 Å². The van der Waals surface area contributed by atoms with E-state index in [-0.39, 0.29) is 11.7 Å². The van der Waals surface area contributed by atoms with Crippen LogP contribution in [0.3, 0.4) is 0 Å². The highest BCUT2D eigenvalue weighted by Gasteiger charge is 2.06. The molecule has 5 heteroatoms. The fourth-order valence-corrected chi connectivity index (χ4v) is 2.18. The smallest absolute Gasteiger partial charge is 0.316 e. The summed E-state index contributed by atoms with van der Waals surface area (Å²) >= 11 is 7.19. The highest BCUT2D eigenvalue weighted by Crippen LogP contribution is 2.27. The molecule has 94 valence electrons. The number of halogens is 1. The van der Waals surface area contributed by atoms with E-state index >= 15 is 0 Å². The van der Waals surface area contributed by atoms with Crippen molar-refractivity contribution < 1.29 is 9.53 Å². The molecule has 0 aromatic heterocycles. The van der Waals surface area contributed by atoms with E-state index in [0.717, 1.165) is 17.7 Å². The zero-order chi connectivity index (χ0) is 12.7. The van der Waals surface area contributed by atoms with Gasteiger partial charge >= 0.3 is 5.97 Å². The van der Waals surface area contributed by atoms with Gasteiger partial charge in [-0.3, -0.25) is 4.79 Å². The van der Waals surface area contributed by atoms with Crippen molar-refractivity contribution in [2.24, 2.45) is 0 Å². The van der Waals surface area contributed by atoms with Gasteiger partial charge in [0.15, 0.2) is 0 Å². The molecule has 0 heterocycles. The Labute approximate surface area is 111 Å². The molecule has 0 radical (unpaired) electrons. The molecular formula is C12H16ClNO2S. The monoisotopic (exact) mass is 273 g/mol. The molecule has 0 aliphatic heterocycles. The van der Waals surface area contributed by atoms with Crippen molar-refractivity contribution in [1.82, 2.24) is 0 Å². The number of unbranched alkanes of at least 4 members (excludes halogenated alkanes) is 1. The number of nitrogens with two attached hydrogens (primary N) is 1. The van der Waals surface area contributed by atoms with Crippen LogP contribution >= 0.6 is 23.4 Å². The third-order valence-corrected chi connectivity index (χ3v) is 3.36. The number of anilines is 1. The van der Waals surface area contributed by atoms with Gasteiger partial charge in [-0.15, -0.1) is 11.8 Å². The molecular weight excluding hydrogens is 258 g/mol.